The molecule has 0 atom stereocenters. The van der Waals surface area contributed by atoms with Crippen molar-refractivity contribution in [3.05, 3.63) is 59.2 Å². The Morgan fingerprint density at radius 3 is 2.46 bits per heavy atom. The summed E-state index contributed by atoms with van der Waals surface area (Å²) in [6, 6.07) is 13.2. The smallest absolute Gasteiger partial charge is 0.323 e. The van der Waals surface area contributed by atoms with Crippen LogP contribution in [0, 0.1) is 6.92 Å². The maximum absolute atomic E-state index is 12.1. The van der Waals surface area contributed by atoms with Crippen LogP contribution in [-0.4, -0.2) is 23.4 Å². The van der Waals surface area contributed by atoms with Crippen LogP contribution < -0.4 is 10.6 Å². The van der Waals surface area contributed by atoms with Gasteiger partial charge in [-0.25, -0.2) is 4.79 Å². The molecule has 0 unspecified atom stereocenters. The zero-order chi connectivity index (χ0) is 17.1. The molecule has 1 heterocycles. The van der Waals surface area contributed by atoms with Gasteiger partial charge in [-0.1, -0.05) is 18.2 Å². The van der Waals surface area contributed by atoms with E-state index in [1.54, 1.807) is 6.92 Å². The molecule has 0 radical (unpaired) electrons. The molecule has 124 valence electrons. The lowest BCUT2D eigenvalue weighted by Crippen LogP contribution is -2.34. The second kappa shape index (κ2) is 6.74. The number of nitrogens with one attached hydrogen (secondary N) is 2. The molecule has 2 aromatic carbocycles. The van der Waals surface area contributed by atoms with Gasteiger partial charge in [-0.2, -0.15) is 0 Å². The summed E-state index contributed by atoms with van der Waals surface area (Å²) in [6.07, 6.45) is 0.852. The van der Waals surface area contributed by atoms with E-state index >= 15 is 0 Å². The van der Waals surface area contributed by atoms with Gasteiger partial charge in [0.15, 0.2) is 0 Å². The number of carbonyl (C=O) groups excluding carboxylic acids is 2. The summed E-state index contributed by atoms with van der Waals surface area (Å²) < 4.78 is 0. The fourth-order valence-corrected chi connectivity index (χ4v) is 2.92. The van der Waals surface area contributed by atoms with Crippen molar-refractivity contribution in [2.24, 2.45) is 0 Å². The molecule has 1 aliphatic heterocycles. The number of hydrogen-bond acceptors (Lipinski definition) is 2. The van der Waals surface area contributed by atoms with Crippen LogP contribution in [0.15, 0.2) is 42.5 Å². The normalized spacial score (nSPS) is 13.2. The van der Waals surface area contributed by atoms with Gasteiger partial charge < -0.3 is 15.5 Å². The predicted molar refractivity (Wildman–Crippen MR) is 95.1 cm³/mol. The second-order valence-corrected chi connectivity index (χ2v) is 6.12. The molecule has 0 bridgehead atoms. The minimum Gasteiger partial charge on any atom is -0.338 e. The first-order chi connectivity index (χ1) is 11.5. The van der Waals surface area contributed by atoms with E-state index in [4.69, 9.17) is 0 Å². The van der Waals surface area contributed by atoms with Crippen LogP contribution in [0.5, 0.6) is 0 Å². The Kier molecular flexibility index (Phi) is 4.51. The summed E-state index contributed by atoms with van der Waals surface area (Å²) >= 11 is 0. The number of anilines is 2. The summed E-state index contributed by atoms with van der Waals surface area (Å²) in [5, 5.41) is 5.67. The Morgan fingerprint density at radius 1 is 1.00 bits per heavy atom. The minimum absolute atomic E-state index is 0.0798. The molecule has 0 saturated heterocycles. The van der Waals surface area contributed by atoms with Crippen molar-refractivity contribution in [1.82, 2.24) is 4.90 Å². The van der Waals surface area contributed by atoms with E-state index < -0.39 is 0 Å². The third-order valence-corrected chi connectivity index (χ3v) is 4.20. The molecule has 24 heavy (non-hydrogen) atoms. The van der Waals surface area contributed by atoms with E-state index in [0.717, 1.165) is 35.5 Å². The van der Waals surface area contributed by atoms with Crippen molar-refractivity contribution in [3.8, 4) is 0 Å². The molecule has 1 aliphatic rings. The van der Waals surface area contributed by atoms with Gasteiger partial charge in [0, 0.05) is 31.4 Å². The van der Waals surface area contributed by atoms with Gasteiger partial charge >= 0.3 is 6.03 Å². The van der Waals surface area contributed by atoms with Crippen molar-refractivity contribution < 1.29 is 9.59 Å². The van der Waals surface area contributed by atoms with Crippen molar-refractivity contribution >= 4 is 23.3 Å². The molecule has 3 amide bonds. The van der Waals surface area contributed by atoms with E-state index in [0.29, 0.717) is 6.54 Å². The number of nitrogens with zero attached hydrogens (tertiary/aromatic N) is 1. The molecular formula is C19H21N3O2. The molecule has 0 aromatic heterocycles. The molecule has 5 heteroatoms. The van der Waals surface area contributed by atoms with Gasteiger partial charge in [0.1, 0.15) is 0 Å². The maximum Gasteiger partial charge on any atom is 0.323 e. The summed E-state index contributed by atoms with van der Waals surface area (Å²) in [5.41, 5.74) is 4.89. The Balaban J connectivity index is 1.68. The van der Waals surface area contributed by atoms with Crippen molar-refractivity contribution in [2.75, 3.05) is 17.2 Å². The van der Waals surface area contributed by atoms with Gasteiger partial charge in [0.25, 0.3) is 0 Å². The molecule has 0 saturated carbocycles. The molecule has 0 fully saturated rings. The van der Waals surface area contributed by atoms with E-state index in [1.165, 1.54) is 5.56 Å². The lowest BCUT2D eigenvalue weighted by Gasteiger charge is -2.28. The first kappa shape index (κ1) is 16.1. The summed E-state index contributed by atoms with van der Waals surface area (Å²) in [4.78, 5) is 25.5. The van der Waals surface area contributed by atoms with Gasteiger partial charge in [-0.15, -0.1) is 0 Å². The molecule has 3 rings (SSSR count). The number of carbonyl (C=O) groups is 2. The molecule has 5 nitrogen and oxygen atoms in total. The predicted octanol–water partition coefficient (Wildman–Crippen LogP) is 3.54. The van der Waals surface area contributed by atoms with Crippen LogP contribution in [0.4, 0.5) is 16.2 Å². The van der Waals surface area contributed by atoms with Crippen LogP contribution in [0.25, 0.3) is 0 Å². The third kappa shape index (κ3) is 3.74. The highest BCUT2D eigenvalue weighted by molar-refractivity contribution is 5.99. The van der Waals surface area contributed by atoms with Crippen LogP contribution in [0.1, 0.15) is 23.6 Å². The Morgan fingerprint density at radius 2 is 1.75 bits per heavy atom. The van der Waals surface area contributed by atoms with Crippen LogP contribution in [0.2, 0.25) is 0 Å². The number of fused-ring (bicyclic) bond motifs is 1. The Labute approximate surface area is 141 Å². The second-order valence-electron chi connectivity index (χ2n) is 6.12. The third-order valence-electron chi connectivity index (χ3n) is 4.20. The lowest BCUT2D eigenvalue weighted by atomic mass is 9.99. The molecule has 2 N–H and O–H groups in total. The molecule has 0 spiro atoms. The van der Waals surface area contributed by atoms with Gasteiger partial charge in [0.05, 0.1) is 0 Å². The Hall–Kier alpha value is -2.82. The number of aryl methyl sites for hydroxylation is 1. The fourth-order valence-electron chi connectivity index (χ4n) is 2.92. The average molecular weight is 323 g/mol. The van der Waals surface area contributed by atoms with E-state index in [-0.39, 0.29) is 11.9 Å². The van der Waals surface area contributed by atoms with E-state index in [2.05, 4.69) is 10.6 Å². The van der Waals surface area contributed by atoms with Crippen molar-refractivity contribution in [2.45, 2.75) is 26.8 Å². The largest absolute Gasteiger partial charge is 0.338 e. The monoisotopic (exact) mass is 323 g/mol. The first-order valence-corrected chi connectivity index (χ1v) is 8.03. The van der Waals surface area contributed by atoms with E-state index in [1.807, 2.05) is 54.3 Å². The lowest BCUT2D eigenvalue weighted by molar-refractivity contribution is -0.129. The SMILES string of the molecule is CC(=O)N1CCc2ccc(NC(=O)Nc3cccc(C)c3)cc2C1. The summed E-state index contributed by atoms with van der Waals surface area (Å²) in [7, 11) is 0. The van der Waals surface area contributed by atoms with Crippen LogP contribution >= 0.6 is 0 Å². The number of hydrogen-bond donors (Lipinski definition) is 2. The van der Waals surface area contributed by atoms with E-state index in [9.17, 15) is 9.59 Å². The first-order valence-electron chi connectivity index (χ1n) is 8.03. The highest BCUT2D eigenvalue weighted by atomic mass is 16.2. The number of rotatable bonds is 2. The maximum atomic E-state index is 12.1. The summed E-state index contributed by atoms with van der Waals surface area (Å²) in [5.74, 6) is 0.0798. The quantitative estimate of drug-likeness (QED) is 0.888. The zero-order valence-corrected chi connectivity index (χ0v) is 13.9. The van der Waals surface area contributed by atoms with Crippen molar-refractivity contribution in [1.29, 1.82) is 0 Å². The number of urea groups is 1. The average Bonchev–Trinajstić information content (AvgIpc) is 2.54. The molecule has 0 aliphatic carbocycles. The fraction of sp³-hybridized carbons (Fsp3) is 0.263. The van der Waals surface area contributed by atoms with Gasteiger partial charge in [-0.05, 0) is 54.3 Å². The minimum atomic E-state index is -0.278. The van der Waals surface area contributed by atoms with Gasteiger partial charge in [0.2, 0.25) is 5.91 Å². The molecular weight excluding hydrogens is 302 g/mol. The highest BCUT2D eigenvalue weighted by Gasteiger charge is 2.18. The highest BCUT2D eigenvalue weighted by Crippen LogP contribution is 2.23. The Bertz CT molecular complexity index is 786. The zero-order valence-electron chi connectivity index (χ0n) is 13.9. The molecule has 2 aromatic rings. The topological polar surface area (TPSA) is 61.4 Å². The number of amides is 3. The van der Waals surface area contributed by atoms with Gasteiger partial charge in [-0.3, -0.25) is 4.79 Å². The van der Waals surface area contributed by atoms with Crippen LogP contribution in [-0.2, 0) is 17.8 Å². The van der Waals surface area contributed by atoms with Crippen LogP contribution in [0.3, 0.4) is 0 Å². The van der Waals surface area contributed by atoms with Crippen molar-refractivity contribution in [3.63, 3.8) is 0 Å². The standard InChI is InChI=1S/C19H21N3O2/c1-13-4-3-5-17(10-13)20-19(24)21-18-7-6-15-8-9-22(14(2)23)12-16(15)11-18/h3-7,10-11H,8-9,12H2,1-2H3,(H2,20,21,24). The summed E-state index contributed by atoms with van der Waals surface area (Å²) in [6.45, 7) is 4.92. The number of benzene rings is 2.